The maximum absolute atomic E-state index is 10.5. The lowest BCUT2D eigenvalue weighted by molar-refractivity contribution is -0.137. The van der Waals surface area contributed by atoms with Crippen LogP contribution in [0.25, 0.3) is 4.96 Å². The van der Waals surface area contributed by atoms with Crippen molar-refractivity contribution in [1.29, 1.82) is 0 Å². The highest BCUT2D eigenvalue weighted by molar-refractivity contribution is 7.16. The van der Waals surface area contributed by atoms with Crippen LogP contribution in [0.15, 0.2) is 0 Å². The van der Waals surface area contributed by atoms with Crippen molar-refractivity contribution < 1.29 is 9.90 Å². The third kappa shape index (κ3) is 2.10. The van der Waals surface area contributed by atoms with Crippen molar-refractivity contribution in [3.05, 3.63) is 10.8 Å². The molecule has 2 aromatic rings. The zero-order valence-electron chi connectivity index (χ0n) is 9.87. The van der Waals surface area contributed by atoms with Crippen LogP contribution in [0, 0.1) is 0 Å². The van der Waals surface area contributed by atoms with E-state index in [1.54, 1.807) is 0 Å². The van der Waals surface area contributed by atoms with Gasteiger partial charge in [-0.1, -0.05) is 17.8 Å². The Balaban J connectivity index is 1.74. The molecule has 0 aromatic carbocycles. The molecule has 1 aliphatic carbocycles. The molecule has 0 aliphatic heterocycles. The van der Waals surface area contributed by atoms with Crippen molar-refractivity contribution in [2.75, 3.05) is 0 Å². The van der Waals surface area contributed by atoms with Crippen molar-refractivity contribution >= 4 is 22.3 Å². The predicted octanol–water partition coefficient (Wildman–Crippen LogP) is 1.86. The van der Waals surface area contributed by atoms with Gasteiger partial charge >= 0.3 is 5.97 Å². The smallest absolute Gasteiger partial charge is 0.303 e. The molecule has 3 rings (SSSR count). The van der Waals surface area contributed by atoms with Gasteiger partial charge in [0.25, 0.3) is 0 Å². The molecule has 18 heavy (non-hydrogen) atoms. The lowest BCUT2D eigenvalue weighted by atomic mass is 9.85. The minimum Gasteiger partial charge on any atom is -0.481 e. The second kappa shape index (κ2) is 4.64. The quantitative estimate of drug-likeness (QED) is 0.893. The summed E-state index contributed by atoms with van der Waals surface area (Å²) in [7, 11) is 0. The maximum atomic E-state index is 10.5. The fraction of sp³-hybridized carbons (Fsp3) is 0.636. The van der Waals surface area contributed by atoms with E-state index in [1.165, 1.54) is 30.6 Å². The van der Waals surface area contributed by atoms with Crippen LogP contribution < -0.4 is 0 Å². The van der Waals surface area contributed by atoms with Crippen LogP contribution in [0.3, 0.4) is 0 Å². The molecular weight excluding hydrogens is 252 g/mol. The van der Waals surface area contributed by atoms with Gasteiger partial charge in [-0.15, -0.1) is 10.2 Å². The Labute approximate surface area is 108 Å². The van der Waals surface area contributed by atoms with Gasteiger partial charge in [0.05, 0.1) is 0 Å². The molecule has 6 nitrogen and oxygen atoms in total. The molecule has 0 atom stereocenters. The van der Waals surface area contributed by atoms with Crippen molar-refractivity contribution in [3.8, 4) is 0 Å². The Morgan fingerprint density at radius 3 is 2.94 bits per heavy atom. The topological polar surface area (TPSA) is 80.4 Å². The molecule has 2 aromatic heterocycles. The fourth-order valence-electron chi connectivity index (χ4n) is 2.08. The monoisotopic (exact) mass is 266 g/mol. The van der Waals surface area contributed by atoms with Crippen molar-refractivity contribution in [1.82, 2.24) is 19.8 Å². The molecule has 0 saturated heterocycles. The van der Waals surface area contributed by atoms with Gasteiger partial charge in [0.15, 0.2) is 5.82 Å². The SMILES string of the molecule is O=C(O)CCCc1nn2c(C3CCC3)nnc2s1. The van der Waals surface area contributed by atoms with E-state index in [0.29, 0.717) is 18.8 Å². The Hall–Kier alpha value is -1.50. The van der Waals surface area contributed by atoms with Gasteiger partial charge in [-0.3, -0.25) is 4.79 Å². The lowest BCUT2D eigenvalue weighted by Gasteiger charge is -2.22. The van der Waals surface area contributed by atoms with Crippen molar-refractivity contribution in [2.45, 2.75) is 44.4 Å². The Morgan fingerprint density at radius 2 is 2.28 bits per heavy atom. The molecule has 2 heterocycles. The zero-order valence-corrected chi connectivity index (χ0v) is 10.7. The van der Waals surface area contributed by atoms with Crippen LogP contribution in [0.4, 0.5) is 0 Å². The first kappa shape index (κ1) is 11.6. The highest BCUT2D eigenvalue weighted by Crippen LogP contribution is 2.35. The van der Waals surface area contributed by atoms with Gasteiger partial charge < -0.3 is 5.11 Å². The third-order valence-corrected chi connectivity index (χ3v) is 4.27. The van der Waals surface area contributed by atoms with Gasteiger partial charge in [-0.05, 0) is 19.3 Å². The average molecular weight is 266 g/mol. The van der Waals surface area contributed by atoms with Crippen LogP contribution in [0.1, 0.15) is 48.9 Å². The maximum Gasteiger partial charge on any atom is 0.303 e. The summed E-state index contributed by atoms with van der Waals surface area (Å²) < 4.78 is 1.84. The van der Waals surface area contributed by atoms with Crippen LogP contribution in [0.2, 0.25) is 0 Å². The Kier molecular flexibility index (Phi) is 2.99. The number of aromatic nitrogens is 4. The van der Waals surface area contributed by atoms with Crippen LogP contribution in [-0.4, -0.2) is 30.9 Å². The third-order valence-electron chi connectivity index (χ3n) is 3.31. The molecular formula is C11H14N4O2S. The van der Waals surface area contributed by atoms with Gasteiger partial charge in [0, 0.05) is 18.8 Å². The predicted molar refractivity (Wildman–Crippen MR) is 65.8 cm³/mol. The van der Waals surface area contributed by atoms with Crippen LogP contribution in [0.5, 0.6) is 0 Å². The first-order chi connectivity index (χ1) is 8.74. The molecule has 1 fully saturated rings. The van der Waals surface area contributed by atoms with E-state index >= 15 is 0 Å². The Bertz CT molecular complexity index is 573. The van der Waals surface area contributed by atoms with Gasteiger partial charge in [0.2, 0.25) is 4.96 Å². The number of nitrogens with zero attached hydrogens (tertiary/aromatic N) is 4. The summed E-state index contributed by atoms with van der Waals surface area (Å²) in [5, 5.41) is 22.4. The summed E-state index contributed by atoms with van der Waals surface area (Å²) in [6, 6.07) is 0. The lowest BCUT2D eigenvalue weighted by Crippen LogP contribution is -2.13. The molecule has 0 spiro atoms. The molecule has 0 amide bonds. The molecule has 1 N–H and O–H groups in total. The van der Waals surface area contributed by atoms with Gasteiger partial charge in [-0.25, -0.2) is 0 Å². The Morgan fingerprint density at radius 1 is 1.44 bits per heavy atom. The van der Waals surface area contributed by atoms with Crippen molar-refractivity contribution in [3.63, 3.8) is 0 Å². The summed E-state index contributed by atoms with van der Waals surface area (Å²) in [5.41, 5.74) is 0. The first-order valence-corrected chi connectivity index (χ1v) is 6.98. The van der Waals surface area contributed by atoms with Crippen molar-refractivity contribution in [2.24, 2.45) is 0 Å². The summed E-state index contributed by atoms with van der Waals surface area (Å²) in [5.74, 6) is 0.721. The van der Waals surface area contributed by atoms with E-state index in [1.807, 2.05) is 4.52 Å². The second-order valence-electron chi connectivity index (χ2n) is 4.62. The van der Waals surface area contributed by atoms with E-state index in [9.17, 15) is 4.79 Å². The van der Waals surface area contributed by atoms with E-state index in [2.05, 4.69) is 15.3 Å². The summed E-state index contributed by atoms with van der Waals surface area (Å²) in [4.78, 5) is 11.3. The first-order valence-electron chi connectivity index (χ1n) is 6.17. The number of carboxylic acid groups (broad SMARTS) is 1. The number of fused-ring (bicyclic) bond motifs is 1. The largest absolute Gasteiger partial charge is 0.481 e. The summed E-state index contributed by atoms with van der Waals surface area (Å²) >= 11 is 1.51. The summed E-state index contributed by atoms with van der Waals surface area (Å²) in [6.45, 7) is 0. The van der Waals surface area contributed by atoms with Gasteiger partial charge in [-0.2, -0.15) is 9.61 Å². The van der Waals surface area contributed by atoms with E-state index in [0.717, 1.165) is 15.8 Å². The molecule has 0 bridgehead atoms. The molecule has 1 saturated carbocycles. The molecule has 1 aliphatic rings. The summed E-state index contributed by atoms with van der Waals surface area (Å²) in [6.07, 6.45) is 5.12. The number of hydrogen-bond donors (Lipinski definition) is 1. The minimum atomic E-state index is -0.756. The average Bonchev–Trinajstić information content (AvgIpc) is 2.77. The molecule has 96 valence electrons. The number of rotatable bonds is 5. The van der Waals surface area contributed by atoms with E-state index in [4.69, 9.17) is 5.11 Å². The van der Waals surface area contributed by atoms with Crippen LogP contribution in [-0.2, 0) is 11.2 Å². The number of hydrogen-bond acceptors (Lipinski definition) is 5. The standard InChI is InChI=1S/C11H14N4O2S/c16-9(17)6-2-5-8-14-15-10(7-3-1-4-7)12-13-11(15)18-8/h7H,1-6H2,(H,16,17). The fourth-order valence-corrected chi connectivity index (χ4v) is 2.97. The number of carbonyl (C=O) groups is 1. The van der Waals surface area contributed by atoms with E-state index < -0.39 is 5.97 Å². The number of carboxylic acids is 1. The number of aliphatic carboxylic acids is 1. The normalized spacial score (nSPS) is 16.0. The molecule has 0 radical (unpaired) electrons. The van der Waals surface area contributed by atoms with Crippen LogP contribution >= 0.6 is 11.3 Å². The highest BCUT2D eigenvalue weighted by Gasteiger charge is 2.26. The highest BCUT2D eigenvalue weighted by atomic mass is 32.1. The zero-order chi connectivity index (χ0) is 12.5. The molecule has 7 heteroatoms. The van der Waals surface area contributed by atoms with E-state index in [-0.39, 0.29) is 6.42 Å². The molecule has 0 unspecified atom stereocenters. The number of aryl methyl sites for hydroxylation is 1. The van der Waals surface area contributed by atoms with Gasteiger partial charge in [0.1, 0.15) is 5.01 Å². The minimum absolute atomic E-state index is 0.190. The second-order valence-corrected chi connectivity index (χ2v) is 5.66.